The van der Waals surface area contributed by atoms with Crippen molar-refractivity contribution in [3.05, 3.63) is 66.2 Å². The molecule has 1 unspecified atom stereocenters. The smallest absolute Gasteiger partial charge is 0.0690 e. The van der Waals surface area contributed by atoms with Crippen LogP contribution in [0.25, 0.3) is 5.69 Å². The first-order valence-electron chi connectivity index (χ1n) is 7.05. The number of rotatable bonds is 5. The molecule has 1 aromatic carbocycles. The number of benzene rings is 1. The van der Waals surface area contributed by atoms with Gasteiger partial charge in [-0.2, -0.15) is 10.2 Å². The van der Waals surface area contributed by atoms with Crippen LogP contribution >= 0.6 is 0 Å². The predicted molar refractivity (Wildman–Crippen MR) is 82.0 cm³/mol. The molecule has 0 amide bonds. The number of para-hydroxylation sites is 1. The third-order valence-electron chi connectivity index (χ3n) is 3.64. The van der Waals surface area contributed by atoms with Gasteiger partial charge in [0.2, 0.25) is 0 Å². The molecule has 0 radical (unpaired) electrons. The Bertz CT molecular complexity index is 699. The molecule has 0 aliphatic heterocycles. The minimum absolute atomic E-state index is 0.239. The molecule has 1 atom stereocenters. The van der Waals surface area contributed by atoms with Crippen LogP contribution in [0.3, 0.4) is 0 Å². The van der Waals surface area contributed by atoms with Crippen LogP contribution in [-0.4, -0.2) is 19.6 Å². The van der Waals surface area contributed by atoms with Crippen LogP contribution in [0.4, 0.5) is 0 Å². The molecule has 0 bridgehead atoms. The van der Waals surface area contributed by atoms with Crippen molar-refractivity contribution >= 4 is 0 Å². The Morgan fingerprint density at radius 2 is 1.95 bits per heavy atom. The largest absolute Gasteiger partial charge is 0.305 e. The van der Waals surface area contributed by atoms with E-state index >= 15 is 0 Å². The van der Waals surface area contributed by atoms with Gasteiger partial charge in [0.1, 0.15) is 0 Å². The van der Waals surface area contributed by atoms with Crippen molar-refractivity contribution in [1.82, 2.24) is 24.9 Å². The third kappa shape index (κ3) is 2.87. The third-order valence-corrected chi connectivity index (χ3v) is 3.64. The molecule has 1 N–H and O–H groups in total. The van der Waals surface area contributed by atoms with Crippen LogP contribution < -0.4 is 5.32 Å². The van der Waals surface area contributed by atoms with Gasteiger partial charge < -0.3 is 5.32 Å². The summed E-state index contributed by atoms with van der Waals surface area (Å²) in [5.41, 5.74) is 3.49. The SMILES string of the molecule is CC(NCc1ccccc1-n1cccn1)c1ccnn1C. The number of aryl methyl sites for hydroxylation is 1. The molecular formula is C16H19N5. The summed E-state index contributed by atoms with van der Waals surface area (Å²) < 4.78 is 3.79. The molecule has 5 nitrogen and oxygen atoms in total. The van der Waals surface area contributed by atoms with E-state index in [1.165, 1.54) is 11.3 Å². The highest BCUT2D eigenvalue weighted by atomic mass is 15.3. The van der Waals surface area contributed by atoms with Crippen LogP contribution in [0, 0.1) is 0 Å². The highest BCUT2D eigenvalue weighted by Crippen LogP contribution is 2.16. The van der Waals surface area contributed by atoms with Crippen molar-refractivity contribution < 1.29 is 0 Å². The maximum Gasteiger partial charge on any atom is 0.0690 e. The number of hydrogen-bond acceptors (Lipinski definition) is 3. The maximum absolute atomic E-state index is 4.31. The van der Waals surface area contributed by atoms with Gasteiger partial charge in [0.15, 0.2) is 0 Å². The molecule has 21 heavy (non-hydrogen) atoms. The highest BCUT2D eigenvalue weighted by Gasteiger charge is 2.10. The van der Waals surface area contributed by atoms with Crippen LogP contribution in [0.1, 0.15) is 24.2 Å². The molecule has 2 heterocycles. The average Bonchev–Trinajstić information content (AvgIpc) is 3.16. The molecule has 2 aromatic heterocycles. The lowest BCUT2D eigenvalue weighted by molar-refractivity contribution is 0.528. The standard InChI is InChI=1S/C16H19N5/c1-13(15-8-10-18-20(15)2)17-12-14-6-3-4-7-16(14)21-11-5-9-19-21/h3-11,13,17H,12H2,1-2H3. The van der Waals surface area contributed by atoms with Crippen molar-refractivity contribution in [3.63, 3.8) is 0 Å². The van der Waals surface area contributed by atoms with E-state index in [2.05, 4.69) is 40.6 Å². The molecule has 0 saturated heterocycles. The first kappa shape index (κ1) is 13.6. The molecule has 5 heteroatoms. The Labute approximate surface area is 124 Å². The summed E-state index contributed by atoms with van der Waals surface area (Å²) in [5, 5.41) is 12.1. The van der Waals surface area contributed by atoms with Crippen LogP contribution in [0.2, 0.25) is 0 Å². The van der Waals surface area contributed by atoms with E-state index < -0.39 is 0 Å². The minimum Gasteiger partial charge on any atom is -0.305 e. The Hall–Kier alpha value is -2.40. The number of aromatic nitrogens is 4. The number of hydrogen-bond donors (Lipinski definition) is 1. The predicted octanol–water partition coefficient (Wildman–Crippen LogP) is 2.46. The van der Waals surface area contributed by atoms with Crippen molar-refractivity contribution in [1.29, 1.82) is 0 Å². The minimum atomic E-state index is 0.239. The van der Waals surface area contributed by atoms with Gasteiger partial charge in [-0.3, -0.25) is 4.68 Å². The molecule has 0 spiro atoms. The lowest BCUT2D eigenvalue weighted by Crippen LogP contribution is -2.21. The van der Waals surface area contributed by atoms with Crippen molar-refractivity contribution in [2.75, 3.05) is 0 Å². The molecule has 3 aromatic rings. The van der Waals surface area contributed by atoms with E-state index in [1.807, 2.05) is 47.0 Å². The van der Waals surface area contributed by atoms with E-state index in [9.17, 15) is 0 Å². The van der Waals surface area contributed by atoms with E-state index in [4.69, 9.17) is 0 Å². The van der Waals surface area contributed by atoms with E-state index in [0.29, 0.717) is 0 Å². The first-order valence-corrected chi connectivity index (χ1v) is 7.05. The fourth-order valence-corrected chi connectivity index (χ4v) is 2.47. The fraction of sp³-hybridized carbons (Fsp3) is 0.250. The van der Waals surface area contributed by atoms with Crippen molar-refractivity contribution in [2.45, 2.75) is 19.5 Å². The molecular weight excluding hydrogens is 262 g/mol. The zero-order chi connectivity index (χ0) is 14.7. The quantitative estimate of drug-likeness (QED) is 0.781. The molecule has 3 rings (SSSR count). The summed E-state index contributed by atoms with van der Waals surface area (Å²) in [6.07, 6.45) is 5.58. The lowest BCUT2D eigenvalue weighted by atomic mass is 10.1. The summed E-state index contributed by atoms with van der Waals surface area (Å²) in [6.45, 7) is 2.93. The van der Waals surface area contributed by atoms with E-state index in [-0.39, 0.29) is 6.04 Å². The monoisotopic (exact) mass is 281 g/mol. The van der Waals surface area contributed by atoms with Gasteiger partial charge in [-0.15, -0.1) is 0 Å². The number of nitrogens with one attached hydrogen (secondary N) is 1. The van der Waals surface area contributed by atoms with Crippen LogP contribution in [0.15, 0.2) is 55.0 Å². The second-order valence-corrected chi connectivity index (χ2v) is 5.06. The second kappa shape index (κ2) is 5.93. The van der Waals surface area contributed by atoms with Gasteiger partial charge in [-0.1, -0.05) is 18.2 Å². The summed E-state index contributed by atoms with van der Waals surface area (Å²) in [4.78, 5) is 0. The highest BCUT2D eigenvalue weighted by molar-refractivity contribution is 5.40. The molecule has 0 aliphatic carbocycles. The van der Waals surface area contributed by atoms with Gasteiger partial charge in [0, 0.05) is 38.2 Å². The average molecular weight is 281 g/mol. The lowest BCUT2D eigenvalue weighted by Gasteiger charge is -2.16. The Morgan fingerprint density at radius 1 is 1.10 bits per heavy atom. The topological polar surface area (TPSA) is 47.7 Å². The summed E-state index contributed by atoms with van der Waals surface area (Å²) in [6, 6.07) is 12.5. The van der Waals surface area contributed by atoms with Crippen LogP contribution in [0.5, 0.6) is 0 Å². The molecule has 0 aliphatic rings. The molecule has 108 valence electrons. The van der Waals surface area contributed by atoms with Gasteiger partial charge >= 0.3 is 0 Å². The Morgan fingerprint density at radius 3 is 2.67 bits per heavy atom. The molecule has 0 saturated carbocycles. The number of nitrogens with zero attached hydrogens (tertiary/aromatic N) is 4. The van der Waals surface area contributed by atoms with Gasteiger partial charge in [0.25, 0.3) is 0 Å². The Balaban J connectivity index is 1.76. The summed E-state index contributed by atoms with van der Waals surface area (Å²) >= 11 is 0. The zero-order valence-electron chi connectivity index (χ0n) is 12.3. The van der Waals surface area contributed by atoms with Crippen LogP contribution in [-0.2, 0) is 13.6 Å². The van der Waals surface area contributed by atoms with Gasteiger partial charge in [-0.25, -0.2) is 4.68 Å². The Kier molecular flexibility index (Phi) is 3.83. The normalized spacial score (nSPS) is 12.5. The van der Waals surface area contributed by atoms with Gasteiger partial charge in [0.05, 0.1) is 11.4 Å². The van der Waals surface area contributed by atoms with E-state index in [1.54, 1.807) is 6.20 Å². The second-order valence-electron chi connectivity index (χ2n) is 5.06. The summed E-state index contributed by atoms with van der Waals surface area (Å²) in [5.74, 6) is 0. The zero-order valence-corrected chi connectivity index (χ0v) is 12.3. The summed E-state index contributed by atoms with van der Waals surface area (Å²) in [7, 11) is 1.96. The maximum atomic E-state index is 4.31. The fourth-order valence-electron chi connectivity index (χ4n) is 2.47. The van der Waals surface area contributed by atoms with Crippen molar-refractivity contribution in [3.8, 4) is 5.69 Å². The molecule has 0 fully saturated rings. The van der Waals surface area contributed by atoms with Crippen molar-refractivity contribution in [2.24, 2.45) is 7.05 Å². The van der Waals surface area contributed by atoms with E-state index in [0.717, 1.165) is 12.2 Å². The van der Waals surface area contributed by atoms with Gasteiger partial charge in [-0.05, 0) is 30.7 Å². The first-order chi connectivity index (χ1) is 10.3.